The Morgan fingerprint density at radius 3 is 2.85 bits per heavy atom. The van der Waals surface area contributed by atoms with Crippen molar-refractivity contribution in [3.05, 3.63) is 47.2 Å². The second kappa shape index (κ2) is 7.01. The molecule has 1 aliphatic heterocycles. The number of amides is 1. The number of amidine groups is 1. The second-order valence-electron chi connectivity index (χ2n) is 4.83. The molecule has 2 rings (SSSR count). The first-order valence-corrected chi connectivity index (χ1v) is 7.05. The largest absolute Gasteiger partial charge is 0.313 e. The molecule has 0 atom stereocenters. The van der Waals surface area contributed by atoms with Crippen LogP contribution in [0.3, 0.4) is 0 Å². The molecule has 0 aromatic heterocycles. The van der Waals surface area contributed by atoms with Gasteiger partial charge in [0, 0.05) is 37.2 Å². The van der Waals surface area contributed by atoms with Crippen LogP contribution < -0.4 is 10.6 Å². The summed E-state index contributed by atoms with van der Waals surface area (Å²) in [5.41, 5.74) is 2.72. The Hall–Kier alpha value is -1.94. The van der Waals surface area contributed by atoms with Crippen LogP contribution in [0.1, 0.15) is 35.7 Å². The summed E-state index contributed by atoms with van der Waals surface area (Å²) in [5.74, 6) is 0.643. The third-order valence-corrected chi connectivity index (χ3v) is 3.30. The third-order valence-electron chi connectivity index (χ3n) is 3.30. The fourth-order valence-corrected chi connectivity index (χ4v) is 2.11. The zero-order valence-electron chi connectivity index (χ0n) is 12.1. The number of hydrogen-bond acceptors (Lipinski definition) is 3. The number of aryl methyl sites for hydroxylation is 1. The predicted octanol–water partition coefficient (Wildman–Crippen LogP) is 2.41. The van der Waals surface area contributed by atoms with E-state index in [1.807, 2.05) is 38.1 Å². The lowest BCUT2D eigenvalue weighted by atomic mass is 10.1. The Morgan fingerprint density at radius 2 is 2.20 bits per heavy atom. The van der Waals surface area contributed by atoms with Crippen LogP contribution in [0.4, 0.5) is 0 Å². The molecule has 106 valence electrons. The fraction of sp³-hybridized carbons (Fsp3) is 0.375. The van der Waals surface area contributed by atoms with E-state index in [0.717, 1.165) is 36.6 Å². The minimum absolute atomic E-state index is 0.0850. The van der Waals surface area contributed by atoms with Gasteiger partial charge in [-0.05, 0) is 24.6 Å². The highest BCUT2D eigenvalue weighted by molar-refractivity contribution is 6.07. The first kappa shape index (κ1) is 14.5. The number of nitrogens with zero attached hydrogens (tertiary/aromatic N) is 1. The van der Waals surface area contributed by atoms with E-state index in [-0.39, 0.29) is 5.91 Å². The van der Waals surface area contributed by atoms with Gasteiger partial charge in [0.05, 0.1) is 0 Å². The topological polar surface area (TPSA) is 53.5 Å². The zero-order valence-corrected chi connectivity index (χ0v) is 12.1. The van der Waals surface area contributed by atoms with Crippen molar-refractivity contribution in [2.24, 2.45) is 4.99 Å². The van der Waals surface area contributed by atoms with E-state index in [2.05, 4.69) is 21.7 Å². The highest BCUT2D eigenvalue weighted by atomic mass is 16.1. The molecule has 1 amide bonds. The molecule has 20 heavy (non-hydrogen) atoms. The van der Waals surface area contributed by atoms with Crippen LogP contribution in [0.25, 0.3) is 0 Å². The molecular weight excluding hydrogens is 250 g/mol. The summed E-state index contributed by atoms with van der Waals surface area (Å²) in [6.45, 7) is 5.73. The lowest BCUT2D eigenvalue weighted by Crippen LogP contribution is -2.31. The van der Waals surface area contributed by atoms with Crippen molar-refractivity contribution in [2.75, 3.05) is 13.1 Å². The maximum atomic E-state index is 12.3. The predicted molar refractivity (Wildman–Crippen MR) is 81.9 cm³/mol. The van der Waals surface area contributed by atoms with Gasteiger partial charge in [0.1, 0.15) is 5.84 Å². The summed E-state index contributed by atoms with van der Waals surface area (Å²) in [5, 5.41) is 6.17. The van der Waals surface area contributed by atoms with Crippen LogP contribution >= 0.6 is 0 Å². The number of aliphatic imine (C=N–C) groups is 1. The average molecular weight is 271 g/mol. The van der Waals surface area contributed by atoms with Crippen LogP contribution in [-0.4, -0.2) is 24.8 Å². The van der Waals surface area contributed by atoms with Gasteiger partial charge in [0.25, 0.3) is 5.91 Å². The summed E-state index contributed by atoms with van der Waals surface area (Å²) < 4.78 is 0. The van der Waals surface area contributed by atoms with Gasteiger partial charge < -0.3 is 10.6 Å². The smallest absolute Gasteiger partial charge is 0.256 e. The van der Waals surface area contributed by atoms with E-state index in [9.17, 15) is 4.79 Å². The second-order valence-corrected chi connectivity index (χ2v) is 4.83. The van der Waals surface area contributed by atoms with Crippen LogP contribution in [-0.2, 0) is 0 Å². The van der Waals surface area contributed by atoms with Crippen molar-refractivity contribution >= 4 is 11.7 Å². The highest BCUT2D eigenvalue weighted by Crippen LogP contribution is 2.09. The van der Waals surface area contributed by atoms with Gasteiger partial charge in [-0.25, -0.2) is 4.99 Å². The van der Waals surface area contributed by atoms with Crippen molar-refractivity contribution in [2.45, 2.75) is 26.7 Å². The first-order chi connectivity index (χ1) is 9.70. The summed E-state index contributed by atoms with van der Waals surface area (Å²) in [6, 6.07) is 7.58. The SMILES string of the molecule is CCC(=NC1=CCNCC1)NC(=O)c1ccccc1C. The maximum Gasteiger partial charge on any atom is 0.256 e. The Morgan fingerprint density at radius 1 is 1.40 bits per heavy atom. The molecule has 1 aromatic carbocycles. The van der Waals surface area contributed by atoms with Gasteiger partial charge in [-0.1, -0.05) is 25.1 Å². The van der Waals surface area contributed by atoms with Crippen LogP contribution in [0.5, 0.6) is 0 Å². The van der Waals surface area contributed by atoms with Gasteiger partial charge in [-0.2, -0.15) is 0 Å². The van der Waals surface area contributed by atoms with Gasteiger partial charge in [0.15, 0.2) is 0 Å². The summed E-state index contributed by atoms with van der Waals surface area (Å²) in [7, 11) is 0. The van der Waals surface area contributed by atoms with Crippen molar-refractivity contribution in [1.82, 2.24) is 10.6 Å². The summed E-state index contributed by atoms with van der Waals surface area (Å²) in [6.07, 6.45) is 3.69. The molecule has 0 radical (unpaired) electrons. The van der Waals surface area contributed by atoms with Crippen molar-refractivity contribution < 1.29 is 4.79 Å². The number of hydrogen-bond donors (Lipinski definition) is 2. The average Bonchev–Trinajstić information content (AvgIpc) is 2.48. The molecular formula is C16H21N3O. The van der Waals surface area contributed by atoms with Crippen molar-refractivity contribution in [3.63, 3.8) is 0 Å². The molecule has 1 aliphatic rings. The molecule has 0 saturated heterocycles. The van der Waals surface area contributed by atoms with Crippen LogP contribution in [0.2, 0.25) is 0 Å². The van der Waals surface area contributed by atoms with E-state index in [0.29, 0.717) is 12.0 Å². The Bertz CT molecular complexity index is 546. The van der Waals surface area contributed by atoms with Gasteiger partial charge in [-0.15, -0.1) is 0 Å². The molecule has 0 spiro atoms. The maximum absolute atomic E-state index is 12.3. The first-order valence-electron chi connectivity index (χ1n) is 7.05. The number of carbonyl (C=O) groups is 1. The molecule has 1 aromatic rings. The standard InChI is InChI=1S/C16H21N3O/c1-3-15(18-13-8-10-17-11-9-13)19-16(20)14-7-5-4-6-12(14)2/h4-8,17H,3,9-11H2,1-2H3,(H,18,19,20). The van der Waals surface area contributed by atoms with Crippen LogP contribution in [0, 0.1) is 6.92 Å². The Labute approximate surface area is 120 Å². The van der Waals surface area contributed by atoms with Gasteiger partial charge in [0.2, 0.25) is 0 Å². The number of carbonyl (C=O) groups excluding carboxylic acids is 1. The minimum Gasteiger partial charge on any atom is -0.313 e. The molecule has 0 bridgehead atoms. The van der Waals surface area contributed by atoms with Crippen molar-refractivity contribution in [1.29, 1.82) is 0 Å². The lowest BCUT2D eigenvalue weighted by molar-refractivity contribution is 0.0976. The Kier molecular flexibility index (Phi) is 5.07. The van der Waals surface area contributed by atoms with E-state index < -0.39 is 0 Å². The van der Waals surface area contributed by atoms with E-state index in [1.54, 1.807) is 0 Å². The minimum atomic E-state index is -0.0850. The summed E-state index contributed by atoms with van der Waals surface area (Å²) in [4.78, 5) is 16.8. The monoisotopic (exact) mass is 271 g/mol. The molecule has 0 fully saturated rings. The lowest BCUT2D eigenvalue weighted by Gasteiger charge is -2.13. The van der Waals surface area contributed by atoms with E-state index in [1.165, 1.54) is 0 Å². The Balaban J connectivity index is 2.10. The van der Waals surface area contributed by atoms with Gasteiger partial charge >= 0.3 is 0 Å². The zero-order chi connectivity index (χ0) is 14.4. The van der Waals surface area contributed by atoms with E-state index in [4.69, 9.17) is 0 Å². The normalized spacial score (nSPS) is 15.7. The quantitative estimate of drug-likeness (QED) is 0.655. The van der Waals surface area contributed by atoms with Crippen molar-refractivity contribution in [3.8, 4) is 0 Å². The molecule has 4 nitrogen and oxygen atoms in total. The number of nitrogens with one attached hydrogen (secondary N) is 2. The van der Waals surface area contributed by atoms with Gasteiger partial charge in [-0.3, -0.25) is 4.79 Å². The molecule has 1 heterocycles. The number of rotatable bonds is 3. The van der Waals surface area contributed by atoms with E-state index >= 15 is 0 Å². The third kappa shape index (κ3) is 3.78. The summed E-state index contributed by atoms with van der Waals surface area (Å²) >= 11 is 0. The molecule has 0 unspecified atom stereocenters. The molecule has 4 heteroatoms. The molecule has 0 aliphatic carbocycles. The highest BCUT2D eigenvalue weighted by Gasteiger charge is 2.11. The molecule has 2 N–H and O–H groups in total. The molecule has 0 saturated carbocycles. The van der Waals surface area contributed by atoms with Crippen LogP contribution in [0.15, 0.2) is 41.0 Å². The number of benzene rings is 1. The fourth-order valence-electron chi connectivity index (χ4n) is 2.11.